The van der Waals surface area contributed by atoms with E-state index in [1.54, 1.807) is 24.4 Å². The number of anilines is 1. The van der Waals surface area contributed by atoms with Gasteiger partial charge in [0.05, 0.1) is 24.6 Å². The number of morpholine rings is 1. The van der Waals surface area contributed by atoms with Crippen LogP contribution in [0.3, 0.4) is 0 Å². The van der Waals surface area contributed by atoms with Crippen LogP contribution in [0.2, 0.25) is 0 Å². The number of nitrogens with zero attached hydrogens (tertiary/aromatic N) is 1. The molecule has 7 heteroatoms. The summed E-state index contributed by atoms with van der Waals surface area (Å²) in [7, 11) is 0. The van der Waals surface area contributed by atoms with Crippen molar-refractivity contribution in [2.75, 3.05) is 32.0 Å². The third-order valence-corrected chi connectivity index (χ3v) is 5.51. The Bertz CT molecular complexity index is 1190. The van der Waals surface area contributed by atoms with E-state index in [4.69, 9.17) is 21.6 Å². The fraction of sp³-hybridized carbons (Fsp3) is 0.200. The lowest BCUT2D eigenvalue weighted by Crippen LogP contribution is -2.35. The molecule has 0 aliphatic carbocycles. The van der Waals surface area contributed by atoms with Gasteiger partial charge in [-0.3, -0.25) is 15.1 Å². The summed E-state index contributed by atoms with van der Waals surface area (Å²) in [6.45, 7) is 4.25. The fourth-order valence-electron chi connectivity index (χ4n) is 3.75. The minimum Gasteiger partial charge on any atom is -0.398 e. The van der Waals surface area contributed by atoms with Gasteiger partial charge in [0.2, 0.25) is 5.56 Å². The van der Waals surface area contributed by atoms with Crippen molar-refractivity contribution in [2.24, 2.45) is 5.73 Å². The second-order valence-electron chi connectivity index (χ2n) is 7.85. The number of nitrogen functional groups attached to an aromatic ring is 1. The first kappa shape index (κ1) is 21.5. The van der Waals surface area contributed by atoms with E-state index in [-0.39, 0.29) is 11.3 Å². The van der Waals surface area contributed by atoms with Crippen LogP contribution in [0.15, 0.2) is 71.3 Å². The molecule has 7 nitrogen and oxygen atoms in total. The van der Waals surface area contributed by atoms with Gasteiger partial charge in [0, 0.05) is 43.1 Å². The van der Waals surface area contributed by atoms with Gasteiger partial charge in [-0.05, 0) is 46.5 Å². The molecular formula is C25H27N5O2. The Morgan fingerprint density at radius 2 is 1.88 bits per heavy atom. The number of aromatic amines is 1. The van der Waals surface area contributed by atoms with Gasteiger partial charge in [-0.15, -0.1) is 0 Å². The average molecular weight is 430 g/mol. The minimum absolute atomic E-state index is 0.160. The molecule has 4 rings (SSSR count). The van der Waals surface area contributed by atoms with Gasteiger partial charge in [0.1, 0.15) is 0 Å². The maximum absolute atomic E-state index is 11.3. The van der Waals surface area contributed by atoms with Crippen LogP contribution in [0.25, 0.3) is 17.2 Å². The van der Waals surface area contributed by atoms with Crippen molar-refractivity contribution in [3.8, 4) is 11.1 Å². The summed E-state index contributed by atoms with van der Waals surface area (Å²) in [6, 6.07) is 16.8. The van der Waals surface area contributed by atoms with Crippen molar-refractivity contribution < 1.29 is 4.74 Å². The van der Waals surface area contributed by atoms with Crippen LogP contribution in [0.1, 0.15) is 16.7 Å². The Morgan fingerprint density at radius 1 is 1.09 bits per heavy atom. The Balaban J connectivity index is 1.55. The molecule has 6 N–H and O–H groups in total. The molecule has 0 unspecified atom stereocenters. The number of H-pyrrole nitrogens is 1. The highest BCUT2D eigenvalue weighted by atomic mass is 16.5. The second kappa shape index (κ2) is 9.64. The second-order valence-corrected chi connectivity index (χ2v) is 7.85. The first-order valence-electron chi connectivity index (χ1n) is 10.5. The van der Waals surface area contributed by atoms with E-state index < -0.39 is 0 Å². The van der Waals surface area contributed by atoms with Crippen molar-refractivity contribution in [2.45, 2.75) is 6.54 Å². The van der Waals surface area contributed by atoms with Crippen LogP contribution in [0, 0.1) is 5.41 Å². The number of hydrogen-bond donors (Lipinski definition) is 4. The van der Waals surface area contributed by atoms with E-state index in [0.717, 1.165) is 49.5 Å². The summed E-state index contributed by atoms with van der Waals surface area (Å²) >= 11 is 0. The Labute approximate surface area is 186 Å². The van der Waals surface area contributed by atoms with Gasteiger partial charge >= 0.3 is 0 Å². The summed E-state index contributed by atoms with van der Waals surface area (Å²) in [5, 5.41) is 8.62. The maximum Gasteiger partial charge on any atom is 0.247 e. The average Bonchev–Trinajstić information content (AvgIpc) is 2.80. The number of benzene rings is 2. The molecule has 164 valence electrons. The lowest BCUT2D eigenvalue weighted by atomic mass is 9.98. The molecule has 1 saturated heterocycles. The normalized spacial score (nSPS) is 14.9. The summed E-state index contributed by atoms with van der Waals surface area (Å²) in [6.07, 6.45) is 3.44. The van der Waals surface area contributed by atoms with Crippen molar-refractivity contribution in [3.05, 3.63) is 93.5 Å². The molecule has 1 aliphatic rings. The van der Waals surface area contributed by atoms with Crippen LogP contribution >= 0.6 is 0 Å². The number of nitrogens with two attached hydrogens (primary N) is 2. The number of nitrogens with one attached hydrogen (secondary N) is 2. The number of rotatable bonds is 6. The van der Waals surface area contributed by atoms with Gasteiger partial charge in [0.15, 0.2) is 0 Å². The zero-order valence-electron chi connectivity index (χ0n) is 17.8. The molecular weight excluding hydrogens is 402 g/mol. The topological polar surface area (TPSA) is 121 Å². The first-order chi connectivity index (χ1) is 15.5. The third kappa shape index (κ3) is 5.14. The molecule has 3 aromatic rings. The Morgan fingerprint density at radius 3 is 2.62 bits per heavy atom. The lowest BCUT2D eigenvalue weighted by molar-refractivity contribution is 0.0342. The highest BCUT2D eigenvalue weighted by Crippen LogP contribution is 2.24. The number of ether oxygens (including phenoxy) is 1. The van der Waals surface area contributed by atoms with Gasteiger partial charge in [-0.1, -0.05) is 30.3 Å². The Kier molecular flexibility index (Phi) is 6.49. The molecule has 0 saturated carbocycles. The number of hydrogen-bond acceptors (Lipinski definition) is 6. The van der Waals surface area contributed by atoms with Gasteiger partial charge in [-0.25, -0.2) is 0 Å². The fourth-order valence-corrected chi connectivity index (χ4v) is 3.75. The van der Waals surface area contributed by atoms with Crippen molar-refractivity contribution in [3.63, 3.8) is 0 Å². The van der Waals surface area contributed by atoms with Crippen LogP contribution in [0.4, 0.5) is 5.69 Å². The summed E-state index contributed by atoms with van der Waals surface area (Å²) < 4.78 is 5.42. The minimum atomic E-state index is -0.166. The molecule has 2 heterocycles. The molecule has 0 spiro atoms. The molecule has 2 aromatic carbocycles. The van der Waals surface area contributed by atoms with Crippen molar-refractivity contribution in [1.82, 2.24) is 9.88 Å². The molecule has 1 aliphatic heterocycles. The number of aromatic nitrogens is 1. The maximum atomic E-state index is 11.3. The molecule has 0 bridgehead atoms. The van der Waals surface area contributed by atoms with E-state index >= 15 is 0 Å². The molecule has 1 fully saturated rings. The highest BCUT2D eigenvalue weighted by molar-refractivity contribution is 6.15. The van der Waals surface area contributed by atoms with Crippen LogP contribution in [-0.4, -0.2) is 41.9 Å². The van der Waals surface area contributed by atoms with E-state index in [1.165, 1.54) is 11.6 Å². The van der Waals surface area contributed by atoms with Crippen LogP contribution in [0.5, 0.6) is 0 Å². The van der Waals surface area contributed by atoms with Crippen molar-refractivity contribution >= 4 is 17.5 Å². The smallest absolute Gasteiger partial charge is 0.247 e. The number of allylic oxidation sites excluding steroid dienone is 1. The predicted octanol–water partition coefficient (Wildman–Crippen LogP) is 2.82. The standard InChI is InChI=1S/C25H27N5O2/c26-22-6-4-19(20-5-7-24(31)29-15-20)14-21(22)25(28)23(27)13-17-2-1-3-18(12-17)16-30-8-10-32-11-9-30/h1-7,12-15,28H,8-11,16,26-27H2,(H,29,31)/b23-13-,28-25?. The lowest BCUT2D eigenvalue weighted by Gasteiger charge is -2.26. The molecule has 0 radical (unpaired) electrons. The van der Waals surface area contributed by atoms with Gasteiger partial charge in [-0.2, -0.15) is 0 Å². The monoisotopic (exact) mass is 429 g/mol. The highest BCUT2D eigenvalue weighted by Gasteiger charge is 2.13. The quantitative estimate of drug-likeness (QED) is 0.355. The van der Waals surface area contributed by atoms with Crippen LogP contribution < -0.4 is 17.0 Å². The van der Waals surface area contributed by atoms with Gasteiger partial charge < -0.3 is 21.2 Å². The van der Waals surface area contributed by atoms with E-state index in [0.29, 0.717) is 16.9 Å². The zero-order chi connectivity index (χ0) is 22.5. The SMILES string of the molecule is N=C(/C(N)=C/c1cccc(CN2CCOCC2)c1)c1cc(-c2ccc(=O)[nH]c2)ccc1N. The number of pyridine rings is 1. The summed E-state index contributed by atoms with van der Waals surface area (Å²) in [5.74, 6) is 0. The van der Waals surface area contributed by atoms with E-state index in [2.05, 4.69) is 22.0 Å². The third-order valence-electron chi connectivity index (χ3n) is 5.51. The van der Waals surface area contributed by atoms with Crippen LogP contribution in [-0.2, 0) is 11.3 Å². The van der Waals surface area contributed by atoms with E-state index in [1.807, 2.05) is 24.3 Å². The summed E-state index contributed by atoms with van der Waals surface area (Å²) in [4.78, 5) is 16.4. The first-order valence-corrected chi connectivity index (χ1v) is 10.5. The summed E-state index contributed by atoms with van der Waals surface area (Å²) in [5.41, 5.74) is 17.6. The van der Waals surface area contributed by atoms with Crippen molar-refractivity contribution in [1.29, 1.82) is 5.41 Å². The zero-order valence-corrected chi connectivity index (χ0v) is 17.8. The predicted molar refractivity (Wildman–Crippen MR) is 128 cm³/mol. The molecule has 0 atom stereocenters. The Hall–Kier alpha value is -3.68. The molecule has 0 amide bonds. The molecule has 1 aromatic heterocycles. The largest absolute Gasteiger partial charge is 0.398 e. The van der Waals surface area contributed by atoms with Gasteiger partial charge in [0.25, 0.3) is 0 Å². The van der Waals surface area contributed by atoms with E-state index in [9.17, 15) is 4.79 Å². The molecule has 32 heavy (non-hydrogen) atoms.